The third kappa shape index (κ3) is 4.21. The lowest BCUT2D eigenvalue weighted by Crippen LogP contribution is -2.53. The van der Waals surface area contributed by atoms with Crippen molar-refractivity contribution in [3.63, 3.8) is 0 Å². The van der Waals surface area contributed by atoms with Crippen molar-refractivity contribution in [1.82, 2.24) is 10.2 Å². The standard InChI is InChI=1S/C18H36N2/c1-14(2)12-19-13-15-6-7-17(15)20-10-8-16(9-11-20)18(3,4)5/h14-17,19H,6-13H2,1-5H3. The molecule has 1 heterocycles. The highest BCUT2D eigenvalue weighted by Crippen LogP contribution is 2.38. The summed E-state index contributed by atoms with van der Waals surface area (Å²) in [5.41, 5.74) is 0.504. The quantitative estimate of drug-likeness (QED) is 0.824. The van der Waals surface area contributed by atoms with Gasteiger partial charge in [0.25, 0.3) is 0 Å². The molecule has 0 bridgehead atoms. The number of likely N-dealkylation sites (tertiary alicyclic amines) is 1. The Morgan fingerprint density at radius 2 is 1.70 bits per heavy atom. The fourth-order valence-corrected chi connectivity index (χ4v) is 3.92. The molecule has 2 atom stereocenters. The van der Waals surface area contributed by atoms with E-state index in [9.17, 15) is 0 Å². The molecular weight excluding hydrogens is 244 g/mol. The van der Waals surface area contributed by atoms with Crippen LogP contribution in [0.2, 0.25) is 0 Å². The highest BCUT2D eigenvalue weighted by Gasteiger charge is 2.38. The molecule has 1 saturated heterocycles. The Labute approximate surface area is 126 Å². The van der Waals surface area contributed by atoms with E-state index < -0.39 is 0 Å². The predicted molar refractivity (Wildman–Crippen MR) is 88.0 cm³/mol. The number of nitrogens with one attached hydrogen (secondary N) is 1. The van der Waals surface area contributed by atoms with Crippen LogP contribution in [0.5, 0.6) is 0 Å². The zero-order valence-electron chi connectivity index (χ0n) is 14.4. The van der Waals surface area contributed by atoms with Gasteiger partial charge < -0.3 is 10.2 Å². The number of hydrogen-bond acceptors (Lipinski definition) is 2. The molecule has 2 rings (SSSR count). The molecule has 1 N–H and O–H groups in total. The molecule has 0 aromatic heterocycles. The highest BCUT2D eigenvalue weighted by atomic mass is 15.2. The summed E-state index contributed by atoms with van der Waals surface area (Å²) < 4.78 is 0. The summed E-state index contributed by atoms with van der Waals surface area (Å²) in [5.74, 6) is 2.62. The molecule has 0 amide bonds. The molecule has 2 aliphatic rings. The normalized spacial score (nSPS) is 29.7. The second kappa shape index (κ2) is 6.79. The molecule has 2 fully saturated rings. The van der Waals surface area contributed by atoms with Crippen LogP contribution in [0.15, 0.2) is 0 Å². The fourth-order valence-electron chi connectivity index (χ4n) is 3.92. The van der Waals surface area contributed by atoms with Crippen LogP contribution in [0.4, 0.5) is 0 Å². The van der Waals surface area contributed by atoms with Crippen molar-refractivity contribution in [3.05, 3.63) is 0 Å². The van der Waals surface area contributed by atoms with Crippen LogP contribution in [0, 0.1) is 23.2 Å². The smallest absolute Gasteiger partial charge is 0.0136 e. The van der Waals surface area contributed by atoms with Crippen molar-refractivity contribution in [2.75, 3.05) is 26.2 Å². The monoisotopic (exact) mass is 280 g/mol. The third-order valence-corrected chi connectivity index (χ3v) is 5.56. The van der Waals surface area contributed by atoms with Gasteiger partial charge in [0.1, 0.15) is 0 Å². The molecule has 20 heavy (non-hydrogen) atoms. The zero-order chi connectivity index (χ0) is 14.8. The van der Waals surface area contributed by atoms with E-state index in [-0.39, 0.29) is 0 Å². The minimum atomic E-state index is 0.504. The van der Waals surface area contributed by atoms with Crippen LogP contribution in [0.3, 0.4) is 0 Å². The summed E-state index contributed by atoms with van der Waals surface area (Å²) in [7, 11) is 0. The molecule has 1 aliphatic heterocycles. The van der Waals surface area contributed by atoms with Crippen LogP contribution in [0.25, 0.3) is 0 Å². The Bertz CT molecular complexity index is 284. The van der Waals surface area contributed by atoms with Crippen molar-refractivity contribution in [1.29, 1.82) is 0 Å². The summed E-state index contributed by atoms with van der Waals surface area (Å²) in [6, 6.07) is 0.885. The van der Waals surface area contributed by atoms with Crippen molar-refractivity contribution in [2.24, 2.45) is 23.2 Å². The summed E-state index contributed by atoms with van der Waals surface area (Å²) in [6.07, 6.45) is 5.70. The van der Waals surface area contributed by atoms with Crippen LogP contribution in [0.1, 0.15) is 60.3 Å². The molecule has 1 saturated carbocycles. The maximum absolute atomic E-state index is 3.66. The van der Waals surface area contributed by atoms with Gasteiger partial charge >= 0.3 is 0 Å². The van der Waals surface area contributed by atoms with E-state index in [2.05, 4.69) is 44.8 Å². The van der Waals surface area contributed by atoms with Gasteiger partial charge in [-0.05, 0) is 75.0 Å². The van der Waals surface area contributed by atoms with Gasteiger partial charge in [-0.1, -0.05) is 34.6 Å². The lowest BCUT2D eigenvalue weighted by molar-refractivity contribution is 0.0161. The number of piperidine rings is 1. The lowest BCUT2D eigenvalue weighted by Gasteiger charge is -2.49. The zero-order valence-corrected chi connectivity index (χ0v) is 14.4. The Morgan fingerprint density at radius 3 is 2.15 bits per heavy atom. The van der Waals surface area contributed by atoms with E-state index in [4.69, 9.17) is 0 Å². The first-order valence-electron chi connectivity index (χ1n) is 8.82. The summed E-state index contributed by atoms with van der Waals surface area (Å²) in [4.78, 5) is 2.80. The number of rotatable bonds is 5. The molecule has 2 heteroatoms. The maximum atomic E-state index is 3.66. The molecule has 2 nitrogen and oxygen atoms in total. The van der Waals surface area contributed by atoms with Gasteiger partial charge in [-0.3, -0.25) is 0 Å². The van der Waals surface area contributed by atoms with E-state index in [0.717, 1.165) is 23.8 Å². The SMILES string of the molecule is CC(C)CNCC1CCC1N1CCC(C(C)(C)C)CC1. The predicted octanol–water partition coefficient (Wildman–Crippen LogP) is 3.77. The molecule has 2 unspecified atom stereocenters. The summed E-state index contributed by atoms with van der Waals surface area (Å²) in [5, 5.41) is 3.66. The Hall–Kier alpha value is -0.0800. The molecular formula is C18H36N2. The largest absolute Gasteiger partial charge is 0.316 e. The van der Waals surface area contributed by atoms with Gasteiger partial charge in [0.15, 0.2) is 0 Å². The number of nitrogens with zero attached hydrogens (tertiary/aromatic N) is 1. The summed E-state index contributed by atoms with van der Waals surface area (Å²) >= 11 is 0. The molecule has 0 aromatic rings. The molecule has 0 radical (unpaired) electrons. The highest BCUT2D eigenvalue weighted by molar-refractivity contribution is 4.93. The van der Waals surface area contributed by atoms with Crippen molar-refractivity contribution in [2.45, 2.75) is 66.3 Å². The second-order valence-electron chi connectivity index (χ2n) is 8.63. The number of hydrogen-bond donors (Lipinski definition) is 1. The first kappa shape index (κ1) is 16.3. The minimum Gasteiger partial charge on any atom is -0.316 e. The van der Waals surface area contributed by atoms with Crippen molar-refractivity contribution >= 4 is 0 Å². The van der Waals surface area contributed by atoms with Gasteiger partial charge in [0, 0.05) is 6.04 Å². The van der Waals surface area contributed by atoms with E-state index in [1.54, 1.807) is 0 Å². The van der Waals surface area contributed by atoms with Crippen LogP contribution in [-0.2, 0) is 0 Å². The third-order valence-electron chi connectivity index (χ3n) is 5.56. The van der Waals surface area contributed by atoms with E-state index in [0.29, 0.717) is 5.41 Å². The van der Waals surface area contributed by atoms with Crippen molar-refractivity contribution < 1.29 is 0 Å². The Balaban J connectivity index is 1.71. The Morgan fingerprint density at radius 1 is 1.05 bits per heavy atom. The van der Waals surface area contributed by atoms with Gasteiger partial charge in [-0.15, -0.1) is 0 Å². The molecule has 0 spiro atoms. The van der Waals surface area contributed by atoms with E-state index >= 15 is 0 Å². The van der Waals surface area contributed by atoms with Gasteiger partial charge in [-0.25, -0.2) is 0 Å². The van der Waals surface area contributed by atoms with Crippen LogP contribution in [-0.4, -0.2) is 37.1 Å². The van der Waals surface area contributed by atoms with Crippen LogP contribution < -0.4 is 5.32 Å². The topological polar surface area (TPSA) is 15.3 Å². The average molecular weight is 281 g/mol. The van der Waals surface area contributed by atoms with E-state index in [1.807, 2.05) is 0 Å². The van der Waals surface area contributed by atoms with Crippen molar-refractivity contribution in [3.8, 4) is 0 Å². The first-order chi connectivity index (χ1) is 9.38. The molecule has 1 aliphatic carbocycles. The fraction of sp³-hybridized carbons (Fsp3) is 1.00. The average Bonchev–Trinajstić information content (AvgIpc) is 2.32. The lowest BCUT2D eigenvalue weighted by atomic mass is 9.73. The second-order valence-corrected chi connectivity index (χ2v) is 8.63. The Kier molecular flexibility index (Phi) is 5.53. The minimum absolute atomic E-state index is 0.504. The van der Waals surface area contributed by atoms with Gasteiger partial charge in [0.05, 0.1) is 0 Å². The van der Waals surface area contributed by atoms with Gasteiger partial charge in [-0.2, -0.15) is 0 Å². The van der Waals surface area contributed by atoms with Crippen LogP contribution >= 0.6 is 0 Å². The van der Waals surface area contributed by atoms with E-state index in [1.165, 1.54) is 51.9 Å². The van der Waals surface area contributed by atoms with Gasteiger partial charge in [0.2, 0.25) is 0 Å². The molecule has 118 valence electrons. The summed E-state index contributed by atoms with van der Waals surface area (Å²) in [6.45, 7) is 16.9. The first-order valence-corrected chi connectivity index (χ1v) is 8.82. The maximum Gasteiger partial charge on any atom is 0.0136 e. The molecule has 0 aromatic carbocycles.